The number of rotatable bonds is 4. The van der Waals surface area contributed by atoms with Crippen LogP contribution in [-0.4, -0.2) is 29.3 Å². The number of benzene rings is 1. The van der Waals surface area contributed by atoms with E-state index in [1.165, 1.54) is 11.3 Å². The summed E-state index contributed by atoms with van der Waals surface area (Å²) in [7, 11) is 1.60. The molecule has 0 radical (unpaired) electrons. The molecule has 3 rings (SSSR count). The van der Waals surface area contributed by atoms with Gasteiger partial charge in [-0.3, -0.25) is 10.1 Å². The summed E-state index contributed by atoms with van der Waals surface area (Å²) in [5, 5.41) is 7.44. The Morgan fingerprint density at radius 3 is 2.91 bits per heavy atom. The van der Waals surface area contributed by atoms with Crippen LogP contribution in [0.25, 0.3) is 0 Å². The van der Waals surface area contributed by atoms with Crippen molar-refractivity contribution in [3.8, 4) is 5.75 Å². The highest BCUT2D eigenvalue weighted by molar-refractivity contribution is 7.15. The zero-order chi connectivity index (χ0) is 16.4. The number of methoxy groups -OCH3 is 1. The predicted molar refractivity (Wildman–Crippen MR) is 89.1 cm³/mol. The molecular weight excluding hydrogens is 314 g/mol. The topological polar surface area (TPSA) is 72.8 Å². The first kappa shape index (κ1) is 15.5. The van der Waals surface area contributed by atoms with E-state index in [2.05, 4.69) is 15.5 Å². The number of aromatic nitrogens is 1. The van der Waals surface area contributed by atoms with Crippen LogP contribution >= 0.6 is 11.3 Å². The normalized spacial score (nSPS) is 19.9. The van der Waals surface area contributed by atoms with Gasteiger partial charge in [-0.25, -0.2) is 4.98 Å². The van der Waals surface area contributed by atoms with Gasteiger partial charge in [0.1, 0.15) is 5.75 Å². The van der Waals surface area contributed by atoms with E-state index in [1.807, 2.05) is 31.2 Å². The fourth-order valence-corrected chi connectivity index (χ4v) is 2.99. The SMILES string of the molecule is COc1ccccc1C1=NOC(C)(C(=O)Nc2ncc(C)s2)C1. The number of thiazole rings is 1. The summed E-state index contributed by atoms with van der Waals surface area (Å²) in [5.74, 6) is 0.440. The van der Waals surface area contributed by atoms with Crippen molar-refractivity contribution in [1.29, 1.82) is 0 Å². The van der Waals surface area contributed by atoms with Crippen LogP contribution in [0.5, 0.6) is 5.75 Å². The van der Waals surface area contributed by atoms with Crippen molar-refractivity contribution in [2.24, 2.45) is 5.16 Å². The molecule has 1 aromatic carbocycles. The van der Waals surface area contributed by atoms with Crippen LogP contribution < -0.4 is 10.1 Å². The number of ether oxygens (including phenoxy) is 1. The molecule has 0 aliphatic carbocycles. The number of nitrogens with one attached hydrogen (secondary N) is 1. The summed E-state index contributed by atoms with van der Waals surface area (Å²) in [6, 6.07) is 7.53. The molecule has 0 spiro atoms. The molecule has 120 valence electrons. The summed E-state index contributed by atoms with van der Waals surface area (Å²) in [6.07, 6.45) is 2.08. The molecule has 1 amide bonds. The Kier molecular flexibility index (Phi) is 4.04. The van der Waals surface area contributed by atoms with E-state index in [-0.39, 0.29) is 5.91 Å². The van der Waals surface area contributed by atoms with E-state index < -0.39 is 5.60 Å². The van der Waals surface area contributed by atoms with E-state index in [9.17, 15) is 4.79 Å². The van der Waals surface area contributed by atoms with Crippen molar-refractivity contribution in [3.05, 3.63) is 40.9 Å². The molecule has 2 aromatic rings. The number of carbonyl (C=O) groups excluding carboxylic acids is 1. The van der Waals surface area contributed by atoms with Gasteiger partial charge >= 0.3 is 0 Å². The minimum atomic E-state index is -1.06. The van der Waals surface area contributed by atoms with Gasteiger partial charge in [-0.15, -0.1) is 11.3 Å². The molecule has 0 fully saturated rings. The van der Waals surface area contributed by atoms with Crippen molar-refractivity contribution >= 4 is 28.1 Å². The number of nitrogens with zero attached hydrogens (tertiary/aromatic N) is 2. The van der Waals surface area contributed by atoms with E-state index >= 15 is 0 Å². The predicted octanol–water partition coefficient (Wildman–Crippen LogP) is 2.98. The quantitative estimate of drug-likeness (QED) is 0.935. The number of hydrogen-bond donors (Lipinski definition) is 1. The first-order valence-electron chi connectivity index (χ1n) is 7.14. The lowest BCUT2D eigenvalue weighted by Gasteiger charge is -2.19. The Labute approximate surface area is 138 Å². The Hall–Kier alpha value is -2.41. The fraction of sp³-hybridized carbons (Fsp3) is 0.312. The molecule has 1 N–H and O–H groups in total. The minimum Gasteiger partial charge on any atom is -0.496 e. The van der Waals surface area contributed by atoms with Gasteiger partial charge in [0.2, 0.25) is 5.60 Å². The van der Waals surface area contributed by atoms with Crippen molar-refractivity contribution in [1.82, 2.24) is 4.98 Å². The van der Waals surface area contributed by atoms with Crippen LogP contribution in [0.1, 0.15) is 23.8 Å². The molecule has 7 heteroatoms. The summed E-state index contributed by atoms with van der Waals surface area (Å²) in [5.41, 5.74) is 0.461. The molecule has 6 nitrogen and oxygen atoms in total. The summed E-state index contributed by atoms with van der Waals surface area (Å²) >= 11 is 1.42. The first-order valence-corrected chi connectivity index (χ1v) is 7.96. The van der Waals surface area contributed by atoms with Gasteiger partial charge in [-0.1, -0.05) is 17.3 Å². The molecule has 0 bridgehead atoms. The van der Waals surface area contributed by atoms with Gasteiger partial charge in [-0.05, 0) is 26.0 Å². The van der Waals surface area contributed by atoms with Crippen LogP contribution in [0.2, 0.25) is 0 Å². The van der Waals surface area contributed by atoms with Gasteiger partial charge in [0.05, 0.1) is 12.8 Å². The highest BCUT2D eigenvalue weighted by Gasteiger charge is 2.43. The largest absolute Gasteiger partial charge is 0.496 e. The van der Waals surface area contributed by atoms with Crippen LogP contribution in [0.15, 0.2) is 35.6 Å². The van der Waals surface area contributed by atoms with E-state index in [1.54, 1.807) is 20.2 Å². The van der Waals surface area contributed by atoms with Crippen LogP contribution in [0, 0.1) is 6.92 Å². The van der Waals surface area contributed by atoms with Crippen molar-refractivity contribution in [2.75, 3.05) is 12.4 Å². The number of aryl methyl sites for hydroxylation is 1. The summed E-state index contributed by atoms with van der Waals surface area (Å²) in [4.78, 5) is 23.1. The second kappa shape index (κ2) is 6.00. The smallest absolute Gasteiger partial charge is 0.273 e. The van der Waals surface area contributed by atoms with E-state index in [0.29, 0.717) is 23.0 Å². The maximum absolute atomic E-state index is 12.5. The zero-order valence-corrected chi connectivity index (χ0v) is 13.9. The third-order valence-corrected chi connectivity index (χ3v) is 4.43. The number of amides is 1. The van der Waals surface area contributed by atoms with Gasteiger partial charge in [0.15, 0.2) is 5.13 Å². The summed E-state index contributed by atoms with van der Waals surface area (Å²) < 4.78 is 5.34. The minimum absolute atomic E-state index is 0.263. The molecule has 1 atom stereocenters. The maximum atomic E-state index is 12.5. The van der Waals surface area contributed by atoms with Crippen molar-refractivity contribution < 1.29 is 14.4 Å². The second-order valence-corrected chi connectivity index (χ2v) is 6.70. The third kappa shape index (κ3) is 3.05. The van der Waals surface area contributed by atoms with Gasteiger partial charge < -0.3 is 9.57 Å². The zero-order valence-electron chi connectivity index (χ0n) is 13.1. The molecular formula is C16H17N3O3S. The number of oxime groups is 1. The molecule has 1 aliphatic heterocycles. The highest BCUT2D eigenvalue weighted by Crippen LogP contribution is 2.31. The Morgan fingerprint density at radius 2 is 2.22 bits per heavy atom. The third-order valence-electron chi connectivity index (χ3n) is 3.60. The fourth-order valence-electron chi connectivity index (χ4n) is 2.33. The maximum Gasteiger partial charge on any atom is 0.273 e. The lowest BCUT2D eigenvalue weighted by Crippen LogP contribution is -2.40. The van der Waals surface area contributed by atoms with Crippen molar-refractivity contribution in [3.63, 3.8) is 0 Å². The van der Waals surface area contributed by atoms with Gasteiger partial charge in [0.25, 0.3) is 5.91 Å². The highest BCUT2D eigenvalue weighted by atomic mass is 32.1. The lowest BCUT2D eigenvalue weighted by atomic mass is 9.95. The average Bonchev–Trinajstić information content (AvgIpc) is 3.14. The van der Waals surface area contributed by atoms with Gasteiger partial charge in [0, 0.05) is 23.1 Å². The molecule has 1 unspecified atom stereocenters. The molecule has 2 heterocycles. The lowest BCUT2D eigenvalue weighted by molar-refractivity contribution is -0.135. The number of anilines is 1. The molecule has 1 aromatic heterocycles. The second-order valence-electron chi connectivity index (χ2n) is 5.47. The molecule has 1 aliphatic rings. The molecule has 0 saturated carbocycles. The standard InChI is InChI=1S/C16H17N3O3S/c1-10-9-17-15(23-10)18-14(20)16(2)8-12(19-22-16)11-6-4-5-7-13(11)21-3/h4-7,9H,8H2,1-3H3,(H,17,18,20). The number of hydrogen-bond acceptors (Lipinski definition) is 6. The first-order chi connectivity index (χ1) is 11.0. The van der Waals surface area contributed by atoms with Crippen molar-refractivity contribution in [2.45, 2.75) is 25.9 Å². The van der Waals surface area contributed by atoms with Crippen LogP contribution in [0.4, 0.5) is 5.13 Å². The number of carbonyl (C=O) groups is 1. The summed E-state index contributed by atoms with van der Waals surface area (Å²) in [6.45, 7) is 3.65. The van der Waals surface area contributed by atoms with E-state index in [4.69, 9.17) is 9.57 Å². The Morgan fingerprint density at radius 1 is 1.43 bits per heavy atom. The molecule has 23 heavy (non-hydrogen) atoms. The Bertz CT molecular complexity index is 771. The average molecular weight is 331 g/mol. The number of para-hydroxylation sites is 1. The van der Waals surface area contributed by atoms with E-state index in [0.717, 1.165) is 10.4 Å². The molecule has 0 saturated heterocycles. The van der Waals surface area contributed by atoms with Crippen LogP contribution in [0.3, 0.4) is 0 Å². The van der Waals surface area contributed by atoms with Crippen LogP contribution in [-0.2, 0) is 9.63 Å². The Balaban J connectivity index is 1.75. The monoisotopic (exact) mass is 331 g/mol. The van der Waals surface area contributed by atoms with Gasteiger partial charge in [-0.2, -0.15) is 0 Å².